The zero-order chi connectivity index (χ0) is 82.2. The minimum Gasteiger partial charge on any atom is -0.311 e. The van der Waals surface area contributed by atoms with E-state index in [1.807, 2.05) is 60.7 Å². The van der Waals surface area contributed by atoms with Crippen molar-refractivity contribution in [1.29, 1.82) is 5.26 Å². The number of benzene rings is 16. The van der Waals surface area contributed by atoms with Gasteiger partial charge in [-0.05, 0) is 204 Å². The van der Waals surface area contributed by atoms with Gasteiger partial charge in [0.2, 0.25) is 0 Å². The van der Waals surface area contributed by atoms with Gasteiger partial charge in [-0.15, -0.1) is 11.3 Å². The number of thiophene rings is 1. The largest absolute Gasteiger partial charge is 0.311 e. The minimum absolute atomic E-state index is 0.0721. The summed E-state index contributed by atoms with van der Waals surface area (Å²) >= 11 is 1.71. The molecule has 0 N–H and O–H groups in total. The Balaban J connectivity index is 0.957. The number of hydrogen-bond acceptors (Lipinski definition) is 4. The van der Waals surface area contributed by atoms with Gasteiger partial charge in [-0.2, -0.15) is 5.26 Å². The second kappa shape index (κ2) is 25.8. The number of fused-ring (bicyclic) bond motifs is 13. The maximum atomic E-state index is 10.8. The van der Waals surface area contributed by atoms with Crippen LogP contribution >= 0.6 is 11.3 Å². The molecule has 19 aromatic rings. The average Bonchev–Trinajstić information content (AvgIpc) is 0.727. The highest BCUT2D eigenvalue weighted by Gasteiger charge is 2.46. The molecule has 112 heavy (non-hydrogen) atoms. The van der Waals surface area contributed by atoms with E-state index in [9.17, 15) is 14.9 Å². The van der Waals surface area contributed by atoms with E-state index < -0.39 is 24.8 Å². The number of rotatable bonds is 10. The molecule has 3 aromatic heterocycles. The molecule has 0 radical (unpaired) electrons. The van der Waals surface area contributed by atoms with Crippen LogP contribution in [0, 0.1) is 11.3 Å². The molecule has 0 bridgehead atoms. The second-order valence-electron chi connectivity index (χ2n) is 31.7. The lowest BCUT2D eigenvalue weighted by Gasteiger charge is -2.45. The monoisotopic (exact) mass is 1460 g/mol. The van der Waals surface area contributed by atoms with Crippen LogP contribution in [0.1, 0.15) is 69.2 Å². The highest BCUT2D eigenvalue weighted by Crippen LogP contribution is 2.54. The predicted octanol–water partition coefficient (Wildman–Crippen LogP) is 26.8. The van der Waals surface area contributed by atoms with Crippen LogP contribution in [0.15, 0.2) is 352 Å². The number of aromatic nitrogens is 2. The van der Waals surface area contributed by atoms with Gasteiger partial charge in [0.15, 0.2) is 0 Å². The van der Waals surface area contributed by atoms with Gasteiger partial charge < -0.3 is 18.9 Å². The maximum absolute atomic E-state index is 10.8. The molecule has 2 aliphatic rings. The Bertz CT molecular complexity index is 7560. The lowest BCUT2D eigenvalue weighted by atomic mass is 9.33. The van der Waals surface area contributed by atoms with Crippen LogP contribution in [0.4, 0.5) is 34.1 Å². The molecule has 0 saturated heterocycles. The molecule has 7 heteroatoms. The van der Waals surface area contributed by atoms with E-state index >= 15 is 0 Å². The van der Waals surface area contributed by atoms with Crippen molar-refractivity contribution in [3.05, 3.63) is 368 Å². The molecule has 2 aliphatic heterocycles. The topological polar surface area (TPSA) is 40.1 Å². The normalized spacial score (nSPS) is 13.7. The minimum atomic E-state index is -0.691. The van der Waals surface area contributed by atoms with Crippen molar-refractivity contribution in [1.82, 2.24) is 9.13 Å². The van der Waals surface area contributed by atoms with Gasteiger partial charge in [0.25, 0.3) is 6.71 Å². The first-order valence-electron chi connectivity index (χ1n) is 42.2. The zero-order valence-electron chi connectivity index (χ0n) is 70.6. The first kappa shape index (κ1) is 58.5. The van der Waals surface area contributed by atoms with Gasteiger partial charge >= 0.3 is 0 Å². The van der Waals surface area contributed by atoms with E-state index in [1.165, 1.54) is 0 Å². The zero-order valence-corrected chi connectivity index (χ0v) is 63.4. The van der Waals surface area contributed by atoms with Crippen molar-refractivity contribution in [2.45, 2.75) is 52.4 Å². The SMILES string of the molecule is [2H]c1c([2H])c([2H])c(-c2ccc3c(c2)B2c4ccc(-c5c(-c6ccc7sc8ccccc8c7c6)c([2H])c([2H])c([2H])c5-n5c6ccccc6c6ccccc65)cc4N(c4ccc(C(C)(C)C)cc4-c4ccccc4)c4cc(-n5c6ccc(C#N)cc6c6cc(C(C)(C)C)ccc65)cc(c42)N3c2ccc(-c3ccccc3)cc2-c2ccccc2)c([2H])c1[2H]. The van der Waals surface area contributed by atoms with E-state index in [4.69, 9.17) is 1.37 Å². The number of nitriles is 1. The van der Waals surface area contributed by atoms with Crippen LogP contribution in [-0.2, 0) is 10.8 Å². The molecule has 0 fully saturated rings. The van der Waals surface area contributed by atoms with Gasteiger partial charge in [-0.25, -0.2) is 0 Å². The van der Waals surface area contributed by atoms with Crippen LogP contribution < -0.4 is 26.2 Å². The lowest BCUT2D eigenvalue weighted by molar-refractivity contribution is 0.590. The number of hydrogen-bond donors (Lipinski definition) is 0. The second-order valence-corrected chi connectivity index (χ2v) is 32.8. The van der Waals surface area contributed by atoms with Crippen molar-refractivity contribution in [3.63, 3.8) is 0 Å². The molecule has 5 nitrogen and oxygen atoms in total. The Morgan fingerprint density at radius 1 is 0.321 bits per heavy atom. The summed E-state index contributed by atoms with van der Waals surface area (Å²) in [6, 6.07) is 106. The van der Waals surface area contributed by atoms with Gasteiger partial charge in [0.05, 0.1) is 67.4 Å². The molecule has 530 valence electrons. The number of para-hydroxylation sites is 2. The Kier molecular flexibility index (Phi) is 13.5. The Labute approximate surface area is 668 Å². The molecule has 0 aliphatic carbocycles. The fraction of sp³-hybridized carbons (Fsp3) is 0.0762. The highest BCUT2D eigenvalue weighted by atomic mass is 32.1. The average molecular weight is 1460 g/mol. The van der Waals surface area contributed by atoms with Gasteiger partial charge in [-0.3, -0.25) is 0 Å². The van der Waals surface area contributed by atoms with E-state index in [1.54, 1.807) is 11.3 Å². The Morgan fingerprint density at radius 3 is 1.54 bits per heavy atom. The summed E-state index contributed by atoms with van der Waals surface area (Å²) in [4.78, 5) is 4.83. The van der Waals surface area contributed by atoms with Crippen molar-refractivity contribution >= 4 is 132 Å². The summed E-state index contributed by atoms with van der Waals surface area (Å²) in [5, 5.41) is 16.8. The molecule has 21 rings (SSSR count). The first-order valence-corrected chi connectivity index (χ1v) is 39.0. The summed E-state index contributed by atoms with van der Waals surface area (Å²) in [6.45, 7) is 12.7. The van der Waals surface area contributed by atoms with Crippen LogP contribution in [0.2, 0.25) is 0 Å². The van der Waals surface area contributed by atoms with E-state index in [-0.39, 0.29) is 46.6 Å². The van der Waals surface area contributed by atoms with Crippen LogP contribution in [0.3, 0.4) is 0 Å². The smallest absolute Gasteiger partial charge is 0.252 e. The third-order valence-corrected chi connectivity index (χ3v) is 24.2. The summed E-state index contributed by atoms with van der Waals surface area (Å²) < 4.78 is 85.0. The summed E-state index contributed by atoms with van der Waals surface area (Å²) in [5.74, 6) is 0. The highest BCUT2D eigenvalue weighted by molar-refractivity contribution is 7.25. The van der Waals surface area contributed by atoms with Crippen molar-refractivity contribution in [3.8, 4) is 84.2 Å². The molecule has 0 amide bonds. The Morgan fingerprint density at radius 2 is 0.857 bits per heavy atom. The van der Waals surface area contributed by atoms with Gasteiger partial charge in [-0.1, -0.05) is 278 Å². The van der Waals surface area contributed by atoms with Crippen molar-refractivity contribution in [2.24, 2.45) is 0 Å². The molecular weight excluding hydrogens is 1370 g/mol. The molecule has 16 aromatic carbocycles. The standard InChI is InChI=1S/C105H76BN5S/c1-104(2,3)75-47-53-92(83(61-75)70-32-17-10-18-33-70)111-97-60-74(102-78(73-46-55-101-86(58-73)81-36-21-24-41-100(81)112-101)37-25-40-96(102)109-89-38-22-19-34-79(89)80-35-20-23-39-90(80)109)43-49-87(97)106-88-59-72(68-28-13-8-14-29-68)45-52-95(88)110(91-51-44-71(67-26-11-7-12-27-67)57-82(91)69-30-15-9-16-31-69)98-63-77(64-99(111)103(98)106)108-93-50-42-66(65-107)56-84(93)85-62-76(105(4,5)6)48-54-94(85)108/h7-64H,1-6H3/i8D,13D,14D,25D,28D,29D,37D,40D. The molecular formula is C105H76BN5S. The number of anilines is 6. The van der Waals surface area contributed by atoms with Gasteiger partial charge in [0, 0.05) is 81.2 Å². The van der Waals surface area contributed by atoms with Crippen LogP contribution in [0.5, 0.6) is 0 Å². The number of nitrogens with zero attached hydrogens (tertiary/aromatic N) is 5. The lowest BCUT2D eigenvalue weighted by Crippen LogP contribution is -2.61. The molecule has 5 heterocycles. The summed E-state index contributed by atoms with van der Waals surface area (Å²) in [7, 11) is 0. The fourth-order valence-electron chi connectivity index (χ4n) is 17.7. The Hall–Kier alpha value is -13.5. The van der Waals surface area contributed by atoms with E-state index in [0.29, 0.717) is 33.5 Å². The van der Waals surface area contributed by atoms with Crippen molar-refractivity contribution in [2.75, 3.05) is 9.80 Å². The maximum Gasteiger partial charge on any atom is 0.252 e. The molecule has 0 atom stereocenters. The summed E-state index contributed by atoms with van der Waals surface area (Å²) in [5.41, 5.74) is 23.4. The van der Waals surface area contributed by atoms with Crippen LogP contribution in [-0.4, -0.2) is 15.8 Å². The molecule has 0 saturated carbocycles. The van der Waals surface area contributed by atoms with Crippen LogP contribution in [0.25, 0.3) is 142 Å². The van der Waals surface area contributed by atoms with Crippen molar-refractivity contribution < 1.29 is 11.0 Å². The third-order valence-electron chi connectivity index (χ3n) is 23.1. The third kappa shape index (κ3) is 10.7. The predicted molar refractivity (Wildman–Crippen MR) is 477 cm³/mol. The quantitative estimate of drug-likeness (QED) is 0.128. The molecule has 0 unspecified atom stereocenters. The van der Waals surface area contributed by atoms with E-state index in [0.717, 1.165) is 170 Å². The summed E-state index contributed by atoms with van der Waals surface area (Å²) in [6.07, 6.45) is 0. The fourth-order valence-corrected chi connectivity index (χ4v) is 18.8. The van der Waals surface area contributed by atoms with Gasteiger partial charge in [0.1, 0.15) is 0 Å². The first-order chi connectivity index (χ1) is 58.1. The van der Waals surface area contributed by atoms with E-state index in [2.05, 4.69) is 309 Å². The molecule has 0 spiro atoms.